The second-order valence-corrected chi connectivity index (χ2v) is 6.51. The normalized spacial score (nSPS) is 15.5. The fourth-order valence-electron chi connectivity index (χ4n) is 2.22. The van der Waals surface area contributed by atoms with Gasteiger partial charge in [0.25, 0.3) is 0 Å². The Balaban J connectivity index is 1.90. The summed E-state index contributed by atoms with van der Waals surface area (Å²) >= 11 is 0. The first-order valence-corrected chi connectivity index (χ1v) is 8.11. The third-order valence-electron chi connectivity index (χ3n) is 3.30. The number of likely N-dealkylation sites (tertiary alicyclic amines) is 1. The molecule has 0 aliphatic carbocycles. The van der Waals surface area contributed by atoms with E-state index in [0.29, 0.717) is 0 Å². The van der Waals surface area contributed by atoms with Gasteiger partial charge < -0.3 is 10.6 Å². The number of anilines is 1. The number of carbonyl (C=O) groups is 1. The number of rotatable bonds is 5. The fourth-order valence-corrected chi connectivity index (χ4v) is 3.38. The van der Waals surface area contributed by atoms with Crippen LogP contribution in [0.15, 0.2) is 29.2 Å². The monoisotopic (exact) mass is 297 g/mol. The van der Waals surface area contributed by atoms with Crippen LogP contribution in [0.1, 0.15) is 19.3 Å². The Morgan fingerprint density at radius 2 is 1.90 bits per heavy atom. The second kappa shape index (κ2) is 6.23. The molecule has 1 heterocycles. The molecule has 1 aliphatic heterocycles. The molecule has 0 aromatic heterocycles. The lowest BCUT2D eigenvalue weighted by Gasteiger charge is -2.15. The molecule has 0 unspecified atom stereocenters. The van der Waals surface area contributed by atoms with Crippen LogP contribution in [-0.4, -0.2) is 38.9 Å². The van der Waals surface area contributed by atoms with Gasteiger partial charge >= 0.3 is 0 Å². The molecule has 110 valence electrons. The number of para-hydroxylation sites is 1. The summed E-state index contributed by atoms with van der Waals surface area (Å²) in [6, 6.07) is 6.26. The summed E-state index contributed by atoms with van der Waals surface area (Å²) < 4.78 is 26.5. The van der Waals surface area contributed by atoms with E-state index < -0.39 is 10.0 Å². The van der Waals surface area contributed by atoms with Crippen molar-refractivity contribution < 1.29 is 13.2 Å². The van der Waals surface area contributed by atoms with Crippen LogP contribution in [0.5, 0.6) is 0 Å². The van der Waals surface area contributed by atoms with Crippen LogP contribution in [0.3, 0.4) is 0 Å². The number of nitrogens with two attached hydrogens (primary N) is 1. The Hall–Kier alpha value is -1.60. The minimum Gasteiger partial charge on any atom is -0.398 e. The molecule has 1 amide bonds. The maximum atomic E-state index is 12.0. The molecule has 0 bridgehead atoms. The highest BCUT2D eigenvalue weighted by molar-refractivity contribution is 7.89. The van der Waals surface area contributed by atoms with Gasteiger partial charge in [0, 0.05) is 26.1 Å². The van der Waals surface area contributed by atoms with Gasteiger partial charge in [0.05, 0.1) is 5.69 Å². The van der Waals surface area contributed by atoms with Crippen molar-refractivity contribution in [3.8, 4) is 0 Å². The third-order valence-corrected chi connectivity index (χ3v) is 4.83. The van der Waals surface area contributed by atoms with Crippen molar-refractivity contribution in [2.45, 2.75) is 24.2 Å². The predicted molar refractivity (Wildman–Crippen MR) is 76.5 cm³/mol. The van der Waals surface area contributed by atoms with E-state index in [1.165, 1.54) is 12.1 Å². The van der Waals surface area contributed by atoms with Crippen molar-refractivity contribution in [1.29, 1.82) is 0 Å². The number of nitrogens with zero attached hydrogens (tertiary/aromatic N) is 1. The van der Waals surface area contributed by atoms with E-state index in [0.717, 1.165) is 25.9 Å². The lowest BCUT2D eigenvalue weighted by molar-refractivity contribution is -0.129. The topological polar surface area (TPSA) is 92.5 Å². The lowest BCUT2D eigenvalue weighted by Crippen LogP contribution is -2.32. The van der Waals surface area contributed by atoms with Gasteiger partial charge in [-0.2, -0.15) is 0 Å². The first kappa shape index (κ1) is 14.8. The molecule has 1 aliphatic rings. The summed E-state index contributed by atoms with van der Waals surface area (Å²) in [7, 11) is -3.66. The average molecular weight is 297 g/mol. The van der Waals surface area contributed by atoms with E-state index in [9.17, 15) is 13.2 Å². The van der Waals surface area contributed by atoms with E-state index in [2.05, 4.69) is 4.72 Å². The SMILES string of the molecule is Nc1ccccc1S(=O)(=O)NCCC(=O)N1CCCC1. The smallest absolute Gasteiger partial charge is 0.242 e. The van der Waals surface area contributed by atoms with Crippen LogP contribution in [0.2, 0.25) is 0 Å². The molecular formula is C13H19N3O3S. The third kappa shape index (κ3) is 3.49. The molecule has 7 heteroatoms. The van der Waals surface area contributed by atoms with Gasteiger partial charge in [-0.3, -0.25) is 4.79 Å². The second-order valence-electron chi connectivity index (χ2n) is 4.77. The van der Waals surface area contributed by atoms with E-state index in [4.69, 9.17) is 5.73 Å². The number of nitrogen functional groups attached to an aromatic ring is 1. The zero-order valence-electron chi connectivity index (χ0n) is 11.2. The zero-order chi connectivity index (χ0) is 14.6. The number of hydrogen-bond acceptors (Lipinski definition) is 4. The maximum absolute atomic E-state index is 12.0. The summed E-state index contributed by atoms with van der Waals surface area (Å²) in [6.07, 6.45) is 2.22. The minimum atomic E-state index is -3.66. The summed E-state index contributed by atoms with van der Waals surface area (Å²) in [4.78, 5) is 13.6. The standard InChI is InChI=1S/C13H19N3O3S/c14-11-5-1-2-6-12(11)20(18,19)15-8-7-13(17)16-9-3-4-10-16/h1-2,5-6,15H,3-4,7-10,14H2. The molecule has 0 spiro atoms. The molecule has 20 heavy (non-hydrogen) atoms. The van der Waals surface area contributed by atoms with Gasteiger partial charge in [-0.15, -0.1) is 0 Å². The number of nitrogens with one attached hydrogen (secondary N) is 1. The van der Waals surface area contributed by atoms with Gasteiger partial charge in [0.15, 0.2) is 0 Å². The Kier molecular flexibility index (Phi) is 4.61. The Bertz CT molecular complexity index is 580. The molecule has 1 saturated heterocycles. The lowest BCUT2D eigenvalue weighted by atomic mass is 10.3. The number of hydrogen-bond donors (Lipinski definition) is 2. The van der Waals surface area contributed by atoms with Crippen molar-refractivity contribution in [3.63, 3.8) is 0 Å². The van der Waals surface area contributed by atoms with Gasteiger partial charge in [-0.1, -0.05) is 12.1 Å². The number of carbonyl (C=O) groups excluding carboxylic acids is 1. The van der Waals surface area contributed by atoms with E-state index >= 15 is 0 Å². The minimum absolute atomic E-state index is 0.00812. The van der Waals surface area contributed by atoms with Crippen LogP contribution < -0.4 is 10.5 Å². The van der Waals surface area contributed by atoms with Crippen molar-refractivity contribution in [2.24, 2.45) is 0 Å². The molecule has 1 aromatic carbocycles. The Morgan fingerprint density at radius 3 is 2.55 bits per heavy atom. The average Bonchev–Trinajstić information content (AvgIpc) is 2.92. The molecule has 1 aromatic rings. The van der Waals surface area contributed by atoms with Crippen LogP contribution in [0.4, 0.5) is 5.69 Å². The molecular weight excluding hydrogens is 278 g/mol. The fraction of sp³-hybridized carbons (Fsp3) is 0.462. The summed E-state index contributed by atoms with van der Waals surface area (Å²) in [5.41, 5.74) is 5.84. The van der Waals surface area contributed by atoms with Crippen molar-refractivity contribution in [1.82, 2.24) is 9.62 Å². The highest BCUT2D eigenvalue weighted by Gasteiger charge is 2.20. The molecule has 0 atom stereocenters. The molecule has 2 rings (SSSR count). The molecule has 1 fully saturated rings. The van der Waals surface area contributed by atoms with Crippen LogP contribution in [0.25, 0.3) is 0 Å². The Morgan fingerprint density at radius 1 is 1.25 bits per heavy atom. The number of sulfonamides is 1. The van der Waals surface area contributed by atoms with E-state index in [1.807, 2.05) is 0 Å². The van der Waals surface area contributed by atoms with Crippen molar-refractivity contribution in [3.05, 3.63) is 24.3 Å². The highest BCUT2D eigenvalue weighted by atomic mass is 32.2. The van der Waals surface area contributed by atoms with E-state index in [-0.39, 0.29) is 29.5 Å². The first-order valence-electron chi connectivity index (χ1n) is 6.62. The largest absolute Gasteiger partial charge is 0.398 e. The highest BCUT2D eigenvalue weighted by Crippen LogP contribution is 2.16. The number of benzene rings is 1. The first-order chi connectivity index (χ1) is 9.50. The van der Waals surface area contributed by atoms with Crippen LogP contribution >= 0.6 is 0 Å². The van der Waals surface area contributed by atoms with Crippen LogP contribution in [0, 0.1) is 0 Å². The molecule has 3 N–H and O–H groups in total. The summed E-state index contributed by atoms with van der Waals surface area (Å²) in [5.74, 6) is -0.00812. The molecule has 0 radical (unpaired) electrons. The van der Waals surface area contributed by atoms with Crippen molar-refractivity contribution in [2.75, 3.05) is 25.4 Å². The van der Waals surface area contributed by atoms with Crippen LogP contribution in [-0.2, 0) is 14.8 Å². The number of amides is 1. The van der Waals surface area contributed by atoms with Gasteiger partial charge in [0.1, 0.15) is 4.90 Å². The quantitative estimate of drug-likeness (QED) is 0.777. The maximum Gasteiger partial charge on any atom is 0.242 e. The Labute approximate surface area is 119 Å². The predicted octanol–water partition coefficient (Wildman–Crippen LogP) is 0.560. The van der Waals surface area contributed by atoms with E-state index in [1.54, 1.807) is 17.0 Å². The molecule has 6 nitrogen and oxygen atoms in total. The molecule has 0 saturated carbocycles. The van der Waals surface area contributed by atoms with Gasteiger partial charge in [-0.05, 0) is 25.0 Å². The summed E-state index contributed by atoms with van der Waals surface area (Å²) in [5, 5.41) is 0. The van der Waals surface area contributed by atoms with Gasteiger partial charge in [0.2, 0.25) is 15.9 Å². The van der Waals surface area contributed by atoms with Crippen molar-refractivity contribution >= 4 is 21.6 Å². The van der Waals surface area contributed by atoms with Gasteiger partial charge in [-0.25, -0.2) is 13.1 Å². The zero-order valence-corrected chi connectivity index (χ0v) is 12.0. The summed E-state index contributed by atoms with van der Waals surface area (Å²) in [6.45, 7) is 1.64.